The van der Waals surface area contributed by atoms with Gasteiger partial charge >= 0.3 is 0 Å². The second kappa shape index (κ2) is 15.9. The zero-order valence-corrected chi connectivity index (χ0v) is 28.7. The quantitative estimate of drug-likeness (QED) is 0.0712. The molecule has 5 rings (SSSR count). The van der Waals surface area contributed by atoms with E-state index >= 15 is 0 Å². The molecule has 6 heteroatoms. The SMILES string of the molecule is CCCCCCCCOc1ccc(-c2nc3c4ccc(Br)cc4c4cc(Br)ccc4c3o2)c(OCCCCCCCC)c1. The lowest BCUT2D eigenvalue weighted by atomic mass is 10.0. The number of benzene rings is 4. The van der Waals surface area contributed by atoms with E-state index in [2.05, 4.69) is 82.1 Å². The maximum absolute atomic E-state index is 6.58. The Kier molecular flexibility index (Phi) is 11.8. The number of fused-ring (bicyclic) bond motifs is 6. The van der Waals surface area contributed by atoms with E-state index in [9.17, 15) is 0 Å². The number of hydrogen-bond acceptors (Lipinski definition) is 4. The van der Waals surface area contributed by atoms with Gasteiger partial charge in [-0.2, -0.15) is 0 Å². The molecular weight excluding hydrogens is 666 g/mol. The Hall–Kier alpha value is -2.57. The zero-order valence-electron chi connectivity index (χ0n) is 25.5. The van der Waals surface area contributed by atoms with Crippen molar-refractivity contribution in [2.45, 2.75) is 90.9 Å². The molecule has 4 nitrogen and oxygen atoms in total. The van der Waals surface area contributed by atoms with E-state index in [0.29, 0.717) is 19.1 Å². The minimum absolute atomic E-state index is 0.565. The number of nitrogens with zero attached hydrogens (tertiary/aromatic N) is 1. The molecule has 0 fully saturated rings. The van der Waals surface area contributed by atoms with Crippen LogP contribution >= 0.6 is 31.9 Å². The predicted molar refractivity (Wildman–Crippen MR) is 188 cm³/mol. The number of oxazole rings is 1. The molecule has 5 aromatic rings. The highest BCUT2D eigenvalue weighted by atomic mass is 79.9. The first-order valence-electron chi connectivity index (χ1n) is 16.1. The first-order chi connectivity index (χ1) is 21.1. The van der Waals surface area contributed by atoms with Crippen molar-refractivity contribution in [3.63, 3.8) is 0 Å². The highest BCUT2D eigenvalue weighted by Crippen LogP contribution is 2.41. The molecule has 0 unspecified atom stereocenters. The number of hydrogen-bond donors (Lipinski definition) is 0. The molecule has 0 saturated carbocycles. The topological polar surface area (TPSA) is 44.5 Å². The number of ether oxygens (including phenoxy) is 2. The van der Waals surface area contributed by atoms with E-state index in [-0.39, 0.29) is 0 Å². The van der Waals surface area contributed by atoms with Crippen LogP contribution in [0.2, 0.25) is 0 Å². The summed E-state index contributed by atoms with van der Waals surface area (Å²) < 4.78 is 21.2. The summed E-state index contributed by atoms with van der Waals surface area (Å²) in [5.74, 6) is 2.16. The number of rotatable bonds is 17. The van der Waals surface area contributed by atoms with E-state index in [0.717, 1.165) is 71.5 Å². The van der Waals surface area contributed by atoms with Gasteiger partial charge in [0.1, 0.15) is 17.0 Å². The van der Waals surface area contributed by atoms with Gasteiger partial charge in [0.05, 0.1) is 18.8 Å². The first kappa shape index (κ1) is 31.8. The molecule has 4 aromatic carbocycles. The van der Waals surface area contributed by atoms with E-state index in [4.69, 9.17) is 18.9 Å². The fourth-order valence-corrected chi connectivity index (χ4v) is 6.43. The van der Waals surface area contributed by atoms with Crippen LogP contribution in [0.1, 0.15) is 90.9 Å². The maximum atomic E-state index is 6.58. The van der Waals surface area contributed by atoms with Crippen molar-refractivity contribution >= 4 is 64.5 Å². The molecule has 0 saturated heterocycles. The summed E-state index contributed by atoms with van der Waals surface area (Å²) in [5, 5.41) is 4.36. The van der Waals surface area contributed by atoms with Gasteiger partial charge in [-0.15, -0.1) is 0 Å². The van der Waals surface area contributed by atoms with Gasteiger partial charge in [0, 0.05) is 25.8 Å². The molecule has 0 atom stereocenters. The Balaban J connectivity index is 1.44. The molecule has 1 heterocycles. The van der Waals surface area contributed by atoms with Crippen LogP contribution in [0.15, 0.2) is 68.0 Å². The van der Waals surface area contributed by atoms with Crippen molar-refractivity contribution in [2.24, 2.45) is 0 Å². The molecule has 0 aliphatic carbocycles. The minimum atomic E-state index is 0.565. The van der Waals surface area contributed by atoms with Crippen molar-refractivity contribution in [3.05, 3.63) is 63.5 Å². The van der Waals surface area contributed by atoms with Gasteiger partial charge in [0.25, 0.3) is 0 Å². The minimum Gasteiger partial charge on any atom is -0.493 e. The lowest BCUT2D eigenvalue weighted by Gasteiger charge is -2.13. The summed E-state index contributed by atoms with van der Waals surface area (Å²) in [5.41, 5.74) is 2.50. The Morgan fingerprint density at radius 1 is 0.605 bits per heavy atom. The summed E-state index contributed by atoms with van der Waals surface area (Å²) >= 11 is 7.31. The third-order valence-electron chi connectivity index (χ3n) is 8.09. The Morgan fingerprint density at radius 2 is 1.19 bits per heavy atom. The van der Waals surface area contributed by atoms with Gasteiger partial charge in [-0.25, -0.2) is 4.98 Å². The molecule has 0 bridgehead atoms. The van der Waals surface area contributed by atoms with E-state index in [1.54, 1.807) is 0 Å². The van der Waals surface area contributed by atoms with Gasteiger partial charge in [-0.05, 0) is 66.1 Å². The molecule has 0 radical (unpaired) electrons. The highest BCUT2D eigenvalue weighted by Gasteiger charge is 2.19. The summed E-state index contributed by atoms with van der Waals surface area (Å²) in [7, 11) is 0. The summed E-state index contributed by atoms with van der Waals surface area (Å²) in [4.78, 5) is 5.08. The lowest BCUT2D eigenvalue weighted by molar-refractivity contribution is 0.290. The normalized spacial score (nSPS) is 11.6. The third-order valence-corrected chi connectivity index (χ3v) is 9.07. The fourth-order valence-electron chi connectivity index (χ4n) is 5.71. The Bertz CT molecular complexity index is 1570. The van der Waals surface area contributed by atoms with Crippen LogP contribution in [-0.4, -0.2) is 18.2 Å². The largest absolute Gasteiger partial charge is 0.493 e. The number of unbranched alkanes of at least 4 members (excludes halogenated alkanes) is 10. The molecule has 0 aliphatic heterocycles. The van der Waals surface area contributed by atoms with Crippen molar-refractivity contribution in [3.8, 4) is 23.0 Å². The van der Waals surface area contributed by atoms with Gasteiger partial charge in [-0.1, -0.05) is 116 Å². The molecule has 43 heavy (non-hydrogen) atoms. The van der Waals surface area contributed by atoms with Crippen molar-refractivity contribution in [2.75, 3.05) is 13.2 Å². The van der Waals surface area contributed by atoms with Crippen LogP contribution in [0, 0.1) is 0 Å². The average molecular weight is 710 g/mol. The summed E-state index contributed by atoms with van der Waals surface area (Å²) in [6.07, 6.45) is 14.8. The van der Waals surface area contributed by atoms with Gasteiger partial charge < -0.3 is 13.9 Å². The molecular formula is C37H43Br2NO3. The van der Waals surface area contributed by atoms with Gasteiger partial charge in [0.15, 0.2) is 5.58 Å². The van der Waals surface area contributed by atoms with Crippen LogP contribution < -0.4 is 9.47 Å². The zero-order chi connectivity index (χ0) is 30.0. The average Bonchev–Trinajstić information content (AvgIpc) is 3.45. The maximum Gasteiger partial charge on any atom is 0.231 e. The van der Waals surface area contributed by atoms with Gasteiger partial charge in [0.2, 0.25) is 5.89 Å². The molecule has 0 spiro atoms. The molecule has 228 valence electrons. The Labute approximate surface area is 272 Å². The van der Waals surface area contributed by atoms with Crippen LogP contribution in [-0.2, 0) is 0 Å². The summed E-state index contributed by atoms with van der Waals surface area (Å²) in [6.45, 7) is 5.88. The van der Waals surface area contributed by atoms with Crippen molar-refractivity contribution in [1.29, 1.82) is 0 Å². The number of aromatic nitrogens is 1. The monoisotopic (exact) mass is 707 g/mol. The van der Waals surface area contributed by atoms with Crippen LogP contribution in [0.4, 0.5) is 0 Å². The van der Waals surface area contributed by atoms with E-state index in [1.807, 2.05) is 18.2 Å². The van der Waals surface area contributed by atoms with Crippen LogP contribution in [0.5, 0.6) is 11.5 Å². The predicted octanol–water partition coefficient (Wildman–Crippen LogP) is 12.8. The van der Waals surface area contributed by atoms with Crippen LogP contribution in [0.25, 0.3) is 44.1 Å². The molecule has 1 aromatic heterocycles. The van der Waals surface area contributed by atoms with Crippen molar-refractivity contribution in [1.82, 2.24) is 4.98 Å². The van der Waals surface area contributed by atoms with Crippen LogP contribution in [0.3, 0.4) is 0 Å². The van der Waals surface area contributed by atoms with Crippen molar-refractivity contribution < 1.29 is 13.9 Å². The molecule has 0 aliphatic rings. The smallest absolute Gasteiger partial charge is 0.231 e. The van der Waals surface area contributed by atoms with E-state index < -0.39 is 0 Å². The molecule has 0 N–H and O–H groups in total. The second-order valence-corrected chi connectivity index (χ2v) is 13.3. The van der Waals surface area contributed by atoms with Gasteiger partial charge in [-0.3, -0.25) is 0 Å². The summed E-state index contributed by atoms with van der Waals surface area (Å²) in [6, 6.07) is 18.7. The Morgan fingerprint density at radius 3 is 1.86 bits per heavy atom. The highest BCUT2D eigenvalue weighted by molar-refractivity contribution is 9.10. The second-order valence-electron chi connectivity index (χ2n) is 11.5. The molecule has 0 amide bonds. The standard InChI is InChI=1S/C37H43Br2NO3/c1-3-5-7-9-11-13-21-41-28-17-20-31(34(25-28)42-22-14-12-10-8-6-4-2)37-40-35-29-18-15-26(38)23-32(29)33-24-27(39)16-19-30(33)36(35)43-37/h15-20,23-25H,3-14,21-22H2,1-2H3. The number of halogens is 2. The lowest BCUT2D eigenvalue weighted by Crippen LogP contribution is -2.01. The third kappa shape index (κ3) is 8.13. The first-order valence-corrected chi connectivity index (χ1v) is 17.7. The van der Waals surface area contributed by atoms with E-state index in [1.165, 1.54) is 64.2 Å². The fraction of sp³-hybridized carbons (Fsp3) is 0.432.